The Morgan fingerprint density at radius 3 is 2.14 bits per heavy atom. The van der Waals surface area contributed by atoms with E-state index < -0.39 is 0 Å². The monoisotopic (exact) mass is 468 g/mol. The van der Waals surface area contributed by atoms with Crippen LogP contribution in [-0.4, -0.2) is 28.1 Å². The van der Waals surface area contributed by atoms with Crippen molar-refractivity contribution in [3.63, 3.8) is 0 Å². The van der Waals surface area contributed by atoms with Crippen LogP contribution in [0, 0.1) is 0 Å². The number of fused-ring (bicyclic) bond motifs is 4. The maximum Gasteiger partial charge on any atom is 0.231 e. The summed E-state index contributed by atoms with van der Waals surface area (Å²) in [5.41, 5.74) is 1.07. The van der Waals surface area contributed by atoms with Crippen LogP contribution in [0.15, 0.2) is 66.7 Å². The van der Waals surface area contributed by atoms with E-state index in [0.717, 1.165) is 27.1 Å². The first kappa shape index (κ1) is 21.2. The Labute approximate surface area is 202 Å². The highest BCUT2D eigenvalue weighted by Crippen LogP contribution is 2.50. The first-order chi connectivity index (χ1) is 17.2. The number of rotatable bonds is 6. The van der Waals surface area contributed by atoms with Gasteiger partial charge in [0.15, 0.2) is 23.0 Å². The highest BCUT2D eigenvalue weighted by atomic mass is 16.7. The summed E-state index contributed by atoms with van der Waals surface area (Å²) >= 11 is 0. The third kappa shape index (κ3) is 3.49. The van der Waals surface area contributed by atoms with E-state index >= 15 is 0 Å². The number of benzene rings is 5. The molecule has 0 spiro atoms. The van der Waals surface area contributed by atoms with E-state index in [1.54, 1.807) is 21.3 Å². The van der Waals surface area contributed by atoms with Crippen molar-refractivity contribution in [1.29, 1.82) is 0 Å². The summed E-state index contributed by atoms with van der Waals surface area (Å²) in [7, 11) is 4.83. The highest BCUT2D eigenvalue weighted by molar-refractivity contribution is 6.10. The number of methoxy groups -OCH3 is 3. The lowest BCUT2D eigenvalue weighted by atomic mass is 9.99. The molecule has 0 atom stereocenters. The SMILES string of the molecule is COc1cc2c(OCc3ccc4ccccc4c3)c3cc4c(cc3cc2c(OC)c1OC)OCO4. The van der Waals surface area contributed by atoms with Gasteiger partial charge in [-0.15, -0.1) is 0 Å². The minimum atomic E-state index is 0.198. The van der Waals surface area contributed by atoms with Crippen LogP contribution in [0.1, 0.15) is 5.56 Å². The summed E-state index contributed by atoms with van der Waals surface area (Å²) in [6, 6.07) is 22.6. The van der Waals surface area contributed by atoms with Gasteiger partial charge >= 0.3 is 0 Å². The van der Waals surface area contributed by atoms with Gasteiger partial charge in [-0.25, -0.2) is 0 Å². The molecule has 0 amide bonds. The lowest BCUT2D eigenvalue weighted by molar-refractivity contribution is 0.174. The molecule has 0 N–H and O–H groups in total. The lowest BCUT2D eigenvalue weighted by Gasteiger charge is -2.19. The normalized spacial score (nSPS) is 12.3. The van der Waals surface area contributed by atoms with Gasteiger partial charge in [0.2, 0.25) is 12.5 Å². The van der Waals surface area contributed by atoms with E-state index in [-0.39, 0.29) is 6.79 Å². The maximum absolute atomic E-state index is 6.55. The zero-order valence-corrected chi connectivity index (χ0v) is 19.7. The van der Waals surface area contributed by atoms with Gasteiger partial charge in [0.1, 0.15) is 12.4 Å². The lowest BCUT2D eigenvalue weighted by Crippen LogP contribution is -2.00. The fourth-order valence-corrected chi connectivity index (χ4v) is 4.72. The summed E-state index contributed by atoms with van der Waals surface area (Å²) in [5, 5.41) is 5.93. The van der Waals surface area contributed by atoms with E-state index in [1.807, 2.05) is 30.3 Å². The van der Waals surface area contributed by atoms with Crippen LogP contribution in [0.2, 0.25) is 0 Å². The standard InChI is InChI=1S/C29H24O6/c1-30-26-14-23-22(28(31-2)29(26)32-3)11-20-12-24-25(35-16-34-24)13-21(20)27(23)33-15-17-8-9-18-6-4-5-7-19(18)10-17/h4-14H,15-16H2,1-3H3. The van der Waals surface area contributed by atoms with Gasteiger partial charge in [-0.1, -0.05) is 36.4 Å². The van der Waals surface area contributed by atoms with Crippen molar-refractivity contribution in [2.45, 2.75) is 6.61 Å². The molecule has 0 aromatic heterocycles. The number of ether oxygens (including phenoxy) is 6. The number of hydrogen-bond acceptors (Lipinski definition) is 6. The van der Waals surface area contributed by atoms with Crippen molar-refractivity contribution in [2.75, 3.05) is 28.1 Å². The van der Waals surface area contributed by atoms with Crippen LogP contribution < -0.4 is 28.4 Å². The van der Waals surface area contributed by atoms with Crippen molar-refractivity contribution >= 4 is 32.3 Å². The Bertz CT molecular complexity index is 1590. The van der Waals surface area contributed by atoms with Gasteiger partial charge in [-0.05, 0) is 52.1 Å². The van der Waals surface area contributed by atoms with Gasteiger partial charge in [0, 0.05) is 16.2 Å². The quantitative estimate of drug-likeness (QED) is 0.266. The Morgan fingerprint density at radius 1 is 0.629 bits per heavy atom. The summed E-state index contributed by atoms with van der Waals surface area (Å²) in [6.45, 7) is 0.591. The fraction of sp³-hybridized carbons (Fsp3) is 0.172. The number of hydrogen-bond donors (Lipinski definition) is 0. The second-order valence-electron chi connectivity index (χ2n) is 8.34. The van der Waals surface area contributed by atoms with E-state index in [2.05, 4.69) is 36.4 Å². The Morgan fingerprint density at radius 2 is 1.37 bits per heavy atom. The average molecular weight is 469 g/mol. The van der Waals surface area contributed by atoms with Crippen molar-refractivity contribution < 1.29 is 28.4 Å². The molecule has 6 rings (SSSR count). The van der Waals surface area contributed by atoms with Gasteiger partial charge in [-0.3, -0.25) is 0 Å². The molecule has 0 bridgehead atoms. The zero-order valence-electron chi connectivity index (χ0n) is 19.7. The molecule has 0 unspecified atom stereocenters. The van der Waals surface area contributed by atoms with Gasteiger partial charge < -0.3 is 28.4 Å². The molecule has 35 heavy (non-hydrogen) atoms. The second-order valence-corrected chi connectivity index (χ2v) is 8.34. The molecular formula is C29H24O6. The minimum Gasteiger partial charge on any atom is -0.493 e. The zero-order chi connectivity index (χ0) is 23.9. The van der Waals surface area contributed by atoms with Gasteiger partial charge in [-0.2, -0.15) is 0 Å². The second kappa shape index (κ2) is 8.47. The predicted octanol–water partition coefficient (Wildman–Crippen LogP) is 6.48. The van der Waals surface area contributed by atoms with Crippen LogP contribution in [-0.2, 0) is 6.61 Å². The molecule has 1 heterocycles. The fourth-order valence-electron chi connectivity index (χ4n) is 4.72. The van der Waals surface area contributed by atoms with Crippen LogP contribution in [0.3, 0.4) is 0 Å². The van der Waals surface area contributed by atoms with Crippen molar-refractivity contribution in [3.8, 4) is 34.5 Å². The van der Waals surface area contributed by atoms with Crippen LogP contribution in [0.25, 0.3) is 32.3 Å². The Balaban J connectivity index is 1.56. The predicted molar refractivity (Wildman–Crippen MR) is 136 cm³/mol. The Kier molecular flexibility index (Phi) is 5.14. The highest BCUT2D eigenvalue weighted by Gasteiger charge is 2.23. The molecule has 0 saturated heterocycles. The molecule has 1 aliphatic rings. The first-order valence-corrected chi connectivity index (χ1v) is 11.3. The molecule has 0 radical (unpaired) electrons. The molecule has 6 nitrogen and oxygen atoms in total. The molecule has 5 aromatic carbocycles. The van der Waals surface area contributed by atoms with Crippen LogP contribution in [0.4, 0.5) is 0 Å². The van der Waals surface area contributed by atoms with Crippen molar-refractivity contribution in [2.24, 2.45) is 0 Å². The third-order valence-electron chi connectivity index (χ3n) is 6.40. The van der Waals surface area contributed by atoms with E-state index in [0.29, 0.717) is 41.1 Å². The summed E-state index contributed by atoms with van der Waals surface area (Å²) < 4.78 is 34.9. The molecule has 5 aromatic rings. The molecule has 0 fully saturated rings. The van der Waals surface area contributed by atoms with E-state index in [4.69, 9.17) is 28.4 Å². The van der Waals surface area contributed by atoms with Crippen LogP contribution in [0.5, 0.6) is 34.5 Å². The smallest absolute Gasteiger partial charge is 0.231 e. The topological polar surface area (TPSA) is 55.4 Å². The minimum absolute atomic E-state index is 0.198. The van der Waals surface area contributed by atoms with E-state index in [1.165, 1.54) is 10.8 Å². The molecule has 0 saturated carbocycles. The average Bonchev–Trinajstić information content (AvgIpc) is 3.36. The summed E-state index contributed by atoms with van der Waals surface area (Å²) in [6.07, 6.45) is 0. The van der Waals surface area contributed by atoms with Crippen molar-refractivity contribution in [1.82, 2.24) is 0 Å². The van der Waals surface area contributed by atoms with E-state index in [9.17, 15) is 0 Å². The summed E-state index contributed by atoms with van der Waals surface area (Å²) in [4.78, 5) is 0. The summed E-state index contributed by atoms with van der Waals surface area (Å²) in [5.74, 6) is 3.78. The van der Waals surface area contributed by atoms with Gasteiger partial charge in [0.25, 0.3) is 0 Å². The molecular weight excluding hydrogens is 444 g/mol. The maximum atomic E-state index is 6.55. The molecule has 6 heteroatoms. The first-order valence-electron chi connectivity index (χ1n) is 11.3. The largest absolute Gasteiger partial charge is 0.493 e. The third-order valence-corrected chi connectivity index (χ3v) is 6.40. The van der Waals surface area contributed by atoms with Crippen molar-refractivity contribution in [3.05, 3.63) is 72.3 Å². The van der Waals surface area contributed by atoms with Gasteiger partial charge in [0.05, 0.1) is 21.3 Å². The molecule has 0 aliphatic carbocycles. The Hall–Kier alpha value is -4.32. The molecule has 176 valence electrons. The van der Waals surface area contributed by atoms with Crippen LogP contribution >= 0.6 is 0 Å². The molecule has 1 aliphatic heterocycles.